The van der Waals surface area contributed by atoms with Crippen molar-refractivity contribution in [3.8, 4) is 5.75 Å². The first kappa shape index (κ1) is 34.3. The van der Waals surface area contributed by atoms with Gasteiger partial charge >= 0.3 is 0 Å². The lowest BCUT2D eigenvalue weighted by molar-refractivity contribution is 0.0115. The minimum absolute atomic E-state index is 0.435. The van der Waals surface area contributed by atoms with E-state index in [1.54, 1.807) is 12.4 Å². The highest BCUT2D eigenvalue weighted by Gasteiger charge is 2.31. The van der Waals surface area contributed by atoms with Gasteiger partial charge in [0.2, 0.25) is 5.95 Å². The number of H-pyrrole nitrogens is 1. The van der Waals surface area contributed by atoms with Gasteiger partial charge in [-0.2, -0.15) is 9.97 Å². The van der Waals surface area contributed by atoms with Gasteiger partial charge in [-0.1, -0.05) is 7.92 Å². The van der Waals surface area contributed by atoms with Gasteiger partial charge in [-0.3, -0.25) is 14.9 Å². The van der Waals surface area contributed by atoms with Crippen molar-refractivity contribution in [3.05, 3.63) is 60.2 Å². The molecule has 0 saturated carbocycles. The molecule has 0 amide bonds. The number of aromatic amines is 1. The normalized spacial score (nSPS) is 17.3. The fourth-order valence-electron chi connectivity index (χ4n) is 7.87. The minimum atomic E-state index is -0.516. The summed E-state index contributed by atoms with van der Waals surface area (Å²) in [7, 11) is 1.36. The summed E-state index contributed by atoms with van der Waals surface area (Å²) < 4.78 is 12.1. The van der Waals surface area contributed by atoms with E-state index in [-0.39, 0.29) is 0 Å². The Hall–Kier alpha value is -4.84. The van der Waals surface area contributed by atoms with Gasteiger partial charge in [0.15, 0.2) is 0 Å². The Kier molecular flexibility index (Phi) is 9.90. The molecule has 0 aliphatic carbocycles. The van der Waals surface area contributed by atoms with Crippen molar-refractivity contribution in [1.29, 1.82) is 5.41 Å². The molecule has 2 saturated heterocycles. The first-order valence-corrected chi connectivity index (χ1v) is 20.3. The van der Waals surface area contributed by atoms with Crippen molar-refractivity contribution in [2.24, 2.45) is 0 Å². The van der Waals surface area contributed by atoms with E-state index in [1.165, 1.54) is 11.8 Å². The van der Waals surface area contributed by atoms with E-state index < -0.39 is 7.92 Å². The Bertz CT molecular complexity index is 2120. The van der Waals surface area contributed by atoms with Crippen molar-refractivity contribution < 1.29 is 9.47 Å². The highest BCUT2D eigenvalue weighted by atomic mass is 31.1. The number of morpholine rings is 1. The summed E-state index contributed by atoms with van der Waals surface area (Å²) in [4.78, 5) is 27.6. The minimum Gasteiger partial charge on any atom is -0.491 e. The van der Waals surface area contributed by atoms with Gasteiger partial charge in [-0.25, -0.2) is 0 Å². The van der Waals surface area contributed by atoms with Gasteiger partial charge in [-0.15, -0.1) is 0 Å². The Labute approximate surface area is 304 Å². The van der Waals surface area contributed by atoms with E-state index in [1.807, 2.05) is 31.6 Å². The average molecular weight is 720 g/mol. The molecule has 0 bridgehead atoms. The van der Waals surface area contributed by atoms with Crippen LogP contribution in [0.25, 0.3) is 27.6 Å². The standard InChI is InChI=1S/C38H46N11O2P/c1-40-23-24(22-39)28-21-31(34-26(5-4-18-51-34)33(28)49-14-9-25(10-15-49)48-16-19-50-20-17-48)45-38-46-36-27(8-11-43-36)37(47-38)44-30-7-6-29-32(35(30)52(2)3)42-13-12-41-29/h6-8,11-13,21-23,25,39-40H,4-5,9-10,14-20H2,1-3H3,(H3,43,44,45,46,47)/b24-23+,39-22?. The van der Waals surface area contributed by atoms with Crippen LogP contribution in [0.5, 0.6) is 5.75 Å². The lowest BCUT2D eigenvalue weighted by Gasteiger charge is -2.42. The number of benzene rings is 2. The third-order valence-corrected chi connectivity index (χ3v) is 11.6. The van der Waals surface area contributed by atoms with Crippen molar-refractivity contribution in [2.75, 3.05) is 81.9 Å². The summed E-state index contributed by atoms with van der Waals surface area (Å²) in [6, 6.07) is 8.73. The number of piperidine rings is 1. The number of ether oxygens (including phenoxy) is 2. The smallest absolute Gasteiger partial charge is 0.231 e. The monoisotopic (exact) mass is 719 g/mol. The van der Waals surface area contributed by atoms with Crippen molar-refractivity contribution >= 4 is 75.9 Å². The maximum atomic E-state index is 8.45. The molecule has 270 valence electrons. The molecule has 0 unspecified atom stereocenters. The lowest BCUT2D eigenvalue weighted by atomic mass is 9.92. The predicted molar refractivity (Wildman–Crippen MR) is 212 cm³/mol. The maximum Gasteiger partial charge on any atom is 0.231 e. The van der Waals surface area contributed by atoms with Crippen LogP contribution >= 0.6 is 7.92 Å². The topological polar surface area (TPSA) is 152 Å². The number of nitrogens with zero attached hydrogens (tertiary/aromatic N) is 6. The molecule has 6 heterocycles. The van der Waals surface area contributed by atoms with Crippen molar-refractivity contribution in [2.45, 2.75) is 31.7 Å². The number of allylic oxidation sites excluding steroid dienone is 1. The number of hydrogen-bond acceptors (Lipinski definition) is 12. The molecule has 3 aromatic heterocycles. The Morgan fingerprint density at radius 1 is 1.00 bits per heavy atom. The van der Waals surface area contributed by atoms with E-state index in [0.29, 0.717) is 30.1 Å². The van der Waals surface area contributed by atoms with Crippen LogP contribution in [-0.2, 0) is 11.2 Å². The zero-order chi connectivity index (χ0) is 35.6. The quantitative estimate of drug-likeness (QED) is 0.0908. The Morgan fingerprint density at radius 3 is 2.62 bits per heavy atom. The van der Waals surface area contributed by atoms with Crippen molar-refractivity contribution in [3.63, 3.8) is 0 Å². The van der Waals surface area contributed by atoms with Crippen molar-refractivity contribution in [1.82, 2.24) is 35.1 Å². The molecular formula is C38H46N11O2P. The van der Waals surface area contributed by atoms with Gasteiger partial charge in [-0.05, 0) is 63.3 Å². The summed E-state index contributed by atoms with van der Waals surface area (Å²) in [6.45, 7) is 10.6. The van der Waals surface area contributed by atoms with Crippen LogP contribution in [0.3, 0.4) is 0 Å². The number of aromatic nitrogens is 5. The molecule has 52 heavy (non-hydrogen) atoms. The van der Waals surface area contributed by atoms with Gasteiger partial charge < -0.3 is 40.7 Å². The fourth-order valence-corrected chi connectivity index (χ4v) is 9.08. The molecule has 2 aromatic carbocycles. The second-order valence-electron chi connectivity index (χ2n) is 13.6. The van der Waals surface area contributed by atoms with Crippen LogP contribution in [0.1, 0.15) is 30.4 Å². The van der Waals surface area contributed by atoms with Crippen LogP contribution in [0.4, 0.5) is 28.8 Å². The SMILES string of the molecule is CN/C=C(\C=N)c1cc(Nc2nc(Nc3ccc4nccnc4c3P(C)C)c3cc[nH]c3n2)c2c(c1N1CCC(N3CCOCC3)CC1)CCCO2. The molecule has 0 atom stereocenters. The highest BCUT2D eigenvalue weighted by molar-refractivity contribution is 7.65. The maximum absolute atomic E-state index is 8.45. The molecular weight excluding hydrogens is 673 g/mol. The molecule has 14 heteroatoms. The van der Waals surface area contributed by atoms with Gasteiger partial charge in [0, 0.05) is 98.0 Å². The van der Waals surface area contributed by atoms with E-state index in [4.69, 9.17) is 29.8 Å². The number of anilines is 5. The number of fused-ring (bicyclic) bond motifs is 3. The number of hydrogen-bond donors (Lipinski definition) is 5. The Morgan fingerprint density at radius 2 is 1.83 bits per heavy atom. The second-order valence-corrected chi connectivity index (χ2v) is 15.9. The molecule has 3 aliphatic heterocycles. The average Bonchev–Trinajstić information content (AvgIpc) is 3.66. The van der Waals surface area contributed by atoms with Gasteiger partial charge in [0.1, 0.15) is 17.2 Å². The summed E-state index contributed by atoms with van der Waals surface area (Å²) >= 11 is 0. The lowest BCUT2D eigenvalue weighted by Crippen LogP contribution is -2.49. The van der Waals surface area contributed by atoms with Crippen LogP contribution in [0.2, 0.25) is 0 Å². The van der Waals surface area contributed by atoms with Crippen LogP contribution in [-0.4, -0.2) is 108 Å². The number of rotatable bonds is 10. The zero-order valence-corrected chi connectivity index (χ0v) is 30.9. The largest absolute Gasteiger partial charge is 0.491 e. The summed E-state index contributed by atoms with van der Waals surface area (Å²) in [5.41, 5.74) is 8.34. The fraction of sp³-hybridized carbons (Fsp3) is 0.395. The Balaban J connectivity index is 1.17. The molecule has 13 nitrogen and oxygen atoms in total. The third-order valence-electron chi connectivity index (χ3n) is 10.3. The molecule has 0 spiro atoms. The van der Waals surface area contributed by atoms with E-state index in [0.717, 1.165) is 121 Å². The summed E-state index contributed by atoms with van der Waals surface area (Å²) in [5.74, 6) is 1.95. The van der Waals surface area contributed by atoms with Crippen LogP contribution in [0.15, 0.2) is 49.1 Å². The molecule has 5 N–H and O–H groups in total. The second kappa shape index (κ2) is 15.0. The summed E-state index contributed by atoms with van der Waals surface area (Å²) in [6.07, 6.45) is 12.7. The van der Waals surface area contributed by atoms with E-state index >= 15 is 0 Å². The molecule has 5 aromatic rings. The third kappa shape index (κ3) is 6.64. The molecule has 2 fully saturated rings. The first-order chi connectivity index (χ1) is 25.5. The summed E-state index contributed by atoms with van der Waals surface area (Å²) in [5, 5.41) is 20.8. The first-order valence-electron chi connectivity index (χ1n) is 18.1. The van der Waals surface area contributed by atoms with E-state index in [9.17, 15) is 0 Å². The highest BCUT2D eigenvalue weighted by Crippen LogP contribution is 2.46. The predicted octanol–water partition coefficient (Wildman–Crippen LogP) is 5.59. The van der Waals surface area contributed by atoms with Gasteiger partial charge in [0.05, 0.1) is 47.6 Å². The number of nitrogens with one attached hydrogen (secondary N) is 5. The van der Waals surface area contributed by atoms with Crippen LogP contribution in [0, 0.1) is 5.41 Å². The molecule has 0 radical (unpaired) electrons. The molecule has 8 rings (SSSR count). The van der Waals surface area contributed by atoms with Crippen LogP contribution < -0.4 is 30.9 Å². The van der Waals surface area contributed by atoms with E-state index in [2.05, 4.69) is 61.2 Å². The molecule has 3 aliphatic rings. The van der Waals surface area contributed by atoms with Gasteiger partial charge in [0.25, 0.3) is 0 Å². The zero-order valence-electron chi connectivity index (χ0n) is 30.0.